The topological polar surface area (TPSA) is 88.2 Å². The molecule has 0 saturated carbocycles. The van der Waals surface area contributed by atoms with Gasteiger partial charge in [0.25, 0.3) is 0 Å². The lowest BCUT2D eigenvalue weighted by atomic mass is 10.3. The molecule has 14 heavy (non-hydrogen) atoms. The molecule has 0 aromatic carbocycles. The van der Waals surface area contributed by atoms with Crippen molar-refractivity contribution in [1.82, 2.24) is 15.5 Å². The average molecular weight is 199 g/mol. The van der Waals surface area contributed by atoms with Gasteiger partial charge in [0.05, 0.1) is 6.54 Å². The van der Waals surface area contributed by atoms with Crippen molar-refractivity contribution < 1.29 is 14.4 Å². The summed E-state index contributed by atoms with van der Waals surface area (Å²) in [6.45, 7) is 1.97. The monoisotopic (exact) mass is 199 g/mol. The van der Waals surface area contributed by atoms with Gasteiger partial charge in [-0.2, -0.15) is 4.98 Å². The van der Waals surface area contributed by atoms with E-state index in [4.69, 9.17) is 9.63 Å². The summed E-state index contributed by atoms with van der Waals surface area (Å²) in [5.74, 6) is 0.811. The SMILES string of the molecule is Cc1nc(CNC(=O)CCCO)no1. The Labute approximate surface area is 81.3 Å². The zero-order valence-corrected chi connectivity index (χ0v) is 7.99. The molecule has 0 unspecified atom stereocenters. The van der Waals surface area contributed by atoms with Gasteiger partial charge < -0.3 is 14.9 Å². The van der Waals surface area contributed by atoms with Crippen LogP contribution in [0, 0.1) is 6.92 Å². The van der Waals surface area contributed by atoms with Gasteiger partial charge in [0.1, 0.15) is 0 Å². The second kappa shape index (κ2) is 5.33. The third-order valence-electron chi connectivity index (χ3n) is 1.58. The Morgan fingerprint density at radius 2 is 2.43 bits per heavy atom. The van der Waals surface area contributed by atoms with E-state index in [1.165, 1.54) is 0 Å². The number of carbonyl (C=O) groups excluding carboxylic acids is 1. The number of aryl methyl sites for hydroxylation is 1. The predicted octanol–water partition coefficient (Wildman–Crippen LogP) is -0.233. The van der Waals surface area contributed by atoms with Crippen LogP contribution in [0.4, 0.5) is 0 Å². The molecule has 78 valence electrons. The lowest BCUT2D eigenvalue weighted by Crippen LogP contribution is -2.23. The van der Waals surface area contributed by atoms with Crippen LogP contribution in [0.1, 0.15) is 24.6 Å². The van der Waals surface area contributed by atoms with E-state index in [0.29, 0.717) is 24.6 Å². The fourth-order valence-electron chi connectivity index (χ4n) is 0.919. The number of hydrogen-bond donors (Lipinski definition) is 2. The molecule has 1 aromatic heterocycles. The molecular weight excluding hydrogens is 186 g/mol. The Hall–Kier alpha value is -1.43. The average Bonchev–Trinajstić information content (AvgIpc) is 2.58. The van der Waals surface area contributed by atoms with Gasteiger partial charge in [0.15, 0.2) is 5.82 Å². The van der Waals surface area contributed by atoms with E-state index in [1.807, 2.05) is 0 Å². The van der Waals surface area contributed by atoms with E-state index >= 15 is 0 Å². The van der Waals surface area contributed by atoms with Crippen molar-refractivity contribution >= 4 is 5.91 Å². The van der Waals surface area contributed by atoms with E-state index < -0.39 is 0 Å². The molecule has 0 atom stereocenters. The molecular formula is C8H13N3O3. The Balaban J connectivity index is 2.23. The third kappa shape index (κ3) is 3.53. The molecule has 0 bridgehead atoms. The number of rotatable bonds is 5. The van der Waals surface area contributed by atoms with E-state index in [0.717, 1.165) is 0 Å². The van der Waals surface area contributed by atoms with E-state index in [1.54, 1.807) is 6.92 Å². The number of hydrogen-bond acceptors (Lipinski definition) is 5. The molecule has 6 heteroatoms. The Morgan fingerprint density at radius 3 is 3.00 bits per heavy atom. The third-order valence-corrected chi connectivity index (χ3v) is 1.58. The van der Waals surface area contributed by atoms with E-state index in [-0.39, 0.29) is 19.1 Å². The predicted molar refractivity (Wildman–Crippen MR) is 47.2 cm³/mol. The maximum atomic E-state index is 11.1. The maximum Gasteiger partial charge on any atom is 0.223 e. The number of carbonyl (C=O) groups is 1. The van der Waals surface area contributed by atoms with Crippen LogP contribution >= 0.6 is 0 Å². The van der Waals surface area contributed by atoms with Crippen molar-refractivity contribution in [3.63, 3.8) is 0 Å². The van der Waals surface area contributed by atoms with Crippen LogP contribution < -0.4 is 5.32 Å². The summed E-state index contributed by atoms with van der Waals surface area (Å²) in [4.78, 5) is 15.0. The molecule has 6 nitrogen and oxygen atoms in total. The minimum atomic E-state index is -0.124. The van der Waals surface area contributed by atoms with Gasteiger partial charge in [0, 0.05) is 20.0 Å². The smallest absolute Gasteiger partial charge is 0.223 e. The zero-order chi connectivity index (χ0) is 10.4. The number of nitrogens with one attached hydrogen (secondary N) is 1. The Kier molecular flexibility index (Phi) is 4.06. The summed E-state index contributed by atoms with van der Waals surface area (Å²) < 4.78 is 4.73. The molecule has 0 saturated heterocycles. The summed E-state index contributed by atoms with van der Waals surface area (Å²) in [5.41, 5.74) is 0. The van der Waals surface area contributed by atoms with Crippen LogP contribution in [0.3, 0.4) is 0 Å². The van der Waals surface area contributed by atoms with Crippen LogP contribution in [0.15, 0.2) is 4.52 Å². The van der Waals surface area contributed by atoms with Crippen LogP contribution in [0.5, 0.6) is 0 Å². The fraction of sp³-hybridized carbons (Fsp3) is 0.625. The second-order valence-corrected chi connectivity index (χ2v) is 2.83. The fourth-order valence-corrected chi connectivity index (χ4v) is 0.919. The van der Waals surface area contributed by atoms with Crippen LogP contribution in [0.2, 0.25) is 0 Å². The first-order valence-electron chi connectivity index (χ1n) is 4.39. The molecule has 2 N–H and O–H groups in total. The summed E-state index contributed by atoms with van der Waals surface area (Å²) in [5, 5.41) is 14.7. The first-order valence-corrected chi connectivity index (χ1v) is 4.39. The summed E-state index contributed by atoms with van der Waals surface area (Å²) in [6.07, 6.45) is 0.782. The molecule has 0 radical (unpaired) electrons. The standard InChI is InChI=1S/C8H13N3O3/c1-6-10-7(11-14-6)5-9-8(13)3-2-4-12/h12H,2-5H2,1H3,(H,9,13). The lowest BCUT2D eigenvalue weighted by molar-refractivity contribution is -0.121. The summed E-state index contributed by atoms with van der Waals surface area (Å²) in [7, 11) is 0. The van der Waals surface area contributed by atoms with Crippen molar-refractivity contribution in [2.75, 3.05) is 6.61 Å². The first kappa shape index (κ1) is 10.6. The van der Waals surface area contributed by atoms with Gasteiger partial charge >= 0.3 is 0 Å². The number of aliphatic hydroxyl groups is 1. The van der Waals surface area contributed by atoms with Gasteiger partial charge in [-0.25, -0.2) is 0 Å². The van der Waals surface area contributed by atoms with Crippen LogP contribution in [-0.2, 0) is 11.3 Å². The minimum Gasteiger partial charge on any atom is -0.396 e. The normalized spacial score (nSPS) is 10.1. The van der Waals surface area contributed by atoms with Gasteiger partial charge in [0.2, 0.25) is 11.8 Å². The number of aliphatic hydroxyl groups excluding tert-OH is 1. The quantitative estimate of drug-likeness (QED) is 0.683. The summed E-state index contributed by atoms with van der Waals surface area (Å²) in [6, 6.07) is 0. The molecule has 1 aromatic rings. The lowest BCUT2D eigenvalue weighted by Gasteiger charge is -1.99. The highest BCUT2D eigenvalue weighted by Crippen LogP contribution is 1.94. The van der Waals surface area contributed by atoms with Gasteiger partial charge in [-0.3, -0.25) is 4.79 Å². The minimum absolute atomic E-state index is 0.0226. The number of nitrogens with zero attached hydrogens (tertiary/aromatic N) is 2. The van der Waals surface area contributed by atoms with Crippen molar-refractivity contribution in [2.45, 2.75) is 26.3 Å². The van der Waals surface area contributed by atoms with Crippen LogP contribution in [0.25, 0.3) is 0 Å². The molecule has 1 rings (SSSR count). The van der Waals surface area contributed by atoms with Crippen molar-refractivity contribution in [1.29, 1.82) is 0 Å². The van der Waals surface area contributed by atoms with Crippen LogP contribution in [-0.4, -0.2) is 27.8 Å². The number of amides is 1. The molecule has 0 spiro atoms. The van der Waals surface area contributed by atoms with Crippen molar-refractivity contribution in [3.8, 4) is 0 Å². The Bertz CT molecular complexity index is 298. The molecule has 0 aliphatic rings. The molecule has 0 aliphatic heterocycles. The van der Waals surface area contributed by atoms with Crippen molar-refractivity contribution in [2.24, 2.45) is 0 Å². The molecule has 1 heterocycles. The molecule has 1 amide bonds. The van der Waals surface area contributed by atoms with Gasteiger partial charge in [-0.1, -0.05) is 5.16 Å². The maximum absolute atomic E-state index is 11.1. The number of aromatic nitrogens is 2. The second-order valence-electron chi connectivity index (χ2n) is 2.83. The first-order chi connectivity index (χ1) is 6.72. The van der Waals surface area contributed by atoms with Gasteiger partial charge in [-0.05, 0) is 6.42 Å². The summed E-state index contributed by atoms with van der Waals surface area (Å²) >= 11 is 0. The Morgan fingerprint density at radius 1 is 1.64 bits per heavy atom. The highest BCUT2D eigenvalue weighted by Gasteiger charge is 2.04. The zero-order valence-electron chi connectivity index (χ0n) is 7.99. The largest absolute Gasteiger partial charge is 0.396 e. The van der Waals surface area contributed by atoms with Crippen molar-refractivity contribution in [3.05, 3.63) is 11.7 Å². The molecule has 0 aliphatic carbocycles. The highest BCUT2D eigenvalue weighted by molar-refractivity contribution is 5.75. The van der Waals surface area contributed by atoms with E-state index in [9.17, 15) is 4.79 Å². The molecule has 0 fully saturated rings. The van der Waals surface area contributed by atoms with E-state index in [2.05, 4.69) is 15.5 Å². The van der Waals surface area contributed by atoms with Gasteiger partial charge in [-0.15, -0.1) is 0 Å². The highest BCUT2D eigenvalue weighted by atomic mass is 16.5.